The topological polar surface area (TPSA) is 90.8 Å². The third-order valence-electron chi connectivity index (χ3n) is 4.24. The van der Waals surface area contributed by atoms with Gasteiger partial charge in [0.1, 0.15) is 5.82 Å². The van der Waals surface area contributed by atoms with E-state index in [1.54, 1.807) is 0 Å². The molecule has 0 spiro atoms. The molecule has 8 heteroatoms. The number of nitrogens with zero attached hydrogens (tertiary/aromatic N) is 1. The van der Waals surface area contributed by atoms with E-state index in [2.05, 4.69) is 15.6 Å². The summed E-state index contributed by atoms with van der Waals surface area (Å²) in [4.78, 5) is 4.41. The van der Waals surface area contributed by atoms with Crippen LogP contribution in [0.1, 0.15) is 44.7 Å². The van der Waals surface area contributed by atoms with Gasteiger partial charge >= 0.3 is 0 Å². The van der Waals surface area contributed by atoms with E-state index >= 15 is 0 Å². The van der Waals surface area contributed by atoms with E-state index < -0.39 is 21.3 Å². The molecule has 0 aliphatic rings. The summed E-state index contributed by atoms with van der Waals surface area (Å²) >= 11 is 0. The predicted octanol–water partition coefficient (Wildman–Crippen LogP) is 1.98. The van der Waals surface area contributed by atoms with Gasteiger partial charge in [0.2, 0.25) is 0 Å². The SMILES string of the molecule is CCNC(=NCc1cc(F)ccc1CS(C)(=O)=O)NCC(O)(CC)CC. The molecule has 0 aliphatic heterocycles. The van der Waals surface area contributed by atoms with Crippen LogP contribution in [-0.2, 0) is 22.1 Å². The number of aliphatic hydroxyl groups is 1. The zero-order valence-corrected chi connectivity index (χ0v) is 16.8. The third-order valence-corrected chi connectivity index (χ3v) is 5.07. The van der Waals surface area contributed by atoms with Gasteiger partial charge in [-0.1, -0.05) is 19.9 Å². The maximum absolute atomic E-state index is 13.6. The molecule has 0 saturated heterocycles. The molecule has 26 heavy (non-hydrogen) atoms. The minimum Gasteiger partial charge on any atom is -0.388 e. The van der Waals surface area contributed by atoms with Gasteiger partial charge in [0, 0.05) is 19.3 Å². The summed E-state index contributed by atoms with van der Waals surface area (Å²) in [7, 11) is -3.23. The molecule has 1 aromatic carbocycles. The number of halogens is 1. The number of hydrogen-bond donors (Lipinski definition) is 3. The van der Waals surface area contributed by atoms with Gasteiger partial charge in [-0.05, 0) is 43.0 Å². The summed E-state index contributed by atoms with van der Waals surface area (Å²) in [6.07, 6.45) is 2.36. The Morgan fingerprint density at radius 2 is 1.85 bits per heavy atom. The van der Waals surface area contributed by atoms with Crippen molar-refractivity contribution in [2.75, 3.05) is 19.3 Å². The number of aliphatic imine (C=N–C) groups is 1. The lowest BCUT2D eigenvalue weighted by atomic mass is 9.98. The van der Waals surface area contributed by atoms with Crippen LogP contribution in [0.25, 0.3) is 0 Å². The third kappa shape index (κ3) is 7.70. The first-order valence-electron chi connectivity index (χ1n) is 8.82. The van der Waals surface area contributed by atoms with Crippen LogP contribution in [0.15, 0.2) is 23.2 Å². The molecule has 1 rings (SSSR count). The Hall–Kier alpha value is -1.67. The highest BCUT2D eigenvalue weighted by Crippen LogP contribution is 2.16. The zero-order chi connectivity index (χ0) is 19.8. The van der Waals surface area contributed by atoms with Gasteiger partial charge in [-0.25, -0.2) is 17.8 Å². The van der Waals surface area contributed by atoms with Crippen LogP contribution >= 0.6 is 0 Å². The maximum Gasteiger partial charge on any atom is 0.191 e. The van der Waals surface area contributed by atoms with Gasteiger partial charge in [0.05, 0.1) is 17.9 Å². The molecule has 0 radical (unpaired) electrons. The molecular weight excluding hydrogens is 357 g/mol. The van der Waals surface area contributed by atoms with E-state index in [0.717, 1.165) is 6.26 Å². The van der Waals surface area contributed by atoms with Crippen molar-refractivity contribution in [3.8, 4) is 0 Å². The van der Waals surface area contributed by atoms with E-state index in [1.165, 1.54) is 18.2 Å². The number of hydrogen-bond acceptors (Lipinski definition) is 4. The summed E-state index contributed by atoms with van der Waals surface area (Å²) in [6.45, 7) is 6.85. The molecule has 0 unspecified atom stereocenters. The fraction of sp³-hybridized carbons (Fsp3) is 0.611. The van der Waals surface area contributed by atoms with Crippen molar-refractivity contribution in [2.24, 2.45) is 4.99 Å². The second-order valence-electron chi connectivity index (χ2n) is 6.46. The van der Waals surface area contributed by atoms with Gasteiger partial charge in [0.15, 0.2) is 15.8 Å². The second-order valence-corrected chi connectivity index (χ2v) is 8.60. The van der Waals surface area contributed by atoms with Crippen molar-refractivity contribution in [3.63, 3.8) is 0 Å². The lowest BCUT2D eigenvalue weighted by Crippen LogP contribution is -2.46. The normalized spacial score (nSPS) is 12.9. The summed E-state index contributed by atoms with van der Waals surface area (Å²) in [6, 6.07) is 4.04. The van der Waals surface area contributed by atoms with Crippen LogP contribution in [0.4, 0.5) is 4.39 Å². The highest BCUT2D eigenvalue weighted by atomic mass is 32.2. The van der Waals surface area contributed by atoms with Crippen molar-refractivity contribution in [1.82, 2.24) is 10.6 Å². The fourth-order valence-corrected chi connectivity index (χ4v) is 3.27. The van der Waals surface area contributed by atoms with Crippen molar-refractivity contribution < 1.29 is 17.9 Å². The fourth-order valence-electron chi connectivity index (χ4n) is 2.42. The predicted molar refractivity (Wildman–Crippen MR) is 103 cm³/mol. The Kier molecular flexibility index (Phi) is 8.49. The van der Waals surface area contributed by atoms with Gasteiger partial charge in [-0.3, -0.25) is 0 Å². The van der Waals surface area contributed by atoms with E-state index in [9.17, 15) is 17.9 Å². The summed E-state index contributed by atoms with van der Waals surface area (Å²) in [5, 5.41) is 16.5. The van der Waals surface area contributed by atoms with E-state index in [0.29, 0.717) is 43.0 Å². The Balaban J connectivity index is 2.97. The molecule has 0 heterocycles. The van der Waals surface area contributed by atoms with Gasteiger partial charge < -0.3 is 15.7 Å². The quantitative estimate of drug-likeness (QED) is 0.445. The molecule has 0 bridgehead atoms. The van der Waals surface area contributed by atoms with Gasteiger partial charge in [0.25, 0.3) is 0 Å². The molecular formula is C18H30FN3O3S. The molecule has 6 nitrogen and oxygen atoms in total. The molecule has 0 amide bonds. The first kappa shape index (κ1) is 22.4. The van der Waals surface area contributed by atoms with E-state index in [1.807, 2.05) is 20.8 Å². The van der Waals surface area contributed by atoms with Gasteiger partial charge in [-0.15, -0.1) is 0 Å². The van der Waals surface area contributed by atoms with Crippen molar-refractivity contribution >= 4 is 15.8 Å². The van der Waals surface area contributed by atoms with E-state index in [4.69, 9.17) is 0 Å². The molecule has 0 fully saturated rings. The van der Waals surface area contributed by atoms with Crippen LogP contribution in [0.2, 0.25) is 0 Å². The summed E-state index contributed by atoms with van der Waals surface area (Å²) in [5.74, 6) is -0.104. The first-order valence-corrected chi connectivity index (χ1v) is 10.9. The Labute approximate surface area is 155 Å². The molecule has 3 N–H and O–H groups in total. The largest absolute Gasteiger partial charge is 0.388 e. The van der Waals surface area contributed by atoms with Crippen LogP contribution in [-0.4, -0.2) is 44.4 Å². The summed E-state index contributed by atoms with van der Waals surface area (Å²) < 4.78 is 36.7. The minimum absolute atomic E-state index is 0.134. The molecule has 1 aromatic rings. The Bertz CT molecular complexity index is 716. The molecule has 0 aliphatic carbocycles. The number of benzene rings is 1. The maximum atomic E-state index is 13.6. The standard InChI is InChI=1S/C18H30FN3O3S/c1-5-18(23,6-2)13-22-17(20-7-3)21-11-15-10-16(19)9-8-14(15)12-26(4,24)25/h8-10,23H,5-7,11-13H2,1-4H3,(H2,20,21,22). The zero-order valence-electron chi connectivity index (χ0n) is 16.0. The highest BCUT2D eigenvalue weighted by molar-refractivity contribution is 7.89. The lowest BCUT2D eigenvalue weighted by Gasteiger charge is -2.26. The average molecular weight is 388 g/mol. The number of guanidine groups is 1. The van der Waals surface area contributed by atoms with Crippen LogP contribution in [0, 0.1) is 5.82 Å². The van der Waals surface area contributed by atoms with Crippen molar-refractivity contribution in [1.29, 1.82) is 0 Å². The molecule has 148 valence electrons. The molecule has 0 saturated carbocycles. The van der Waals surface area contributed by atoms with Crippen LogP contribution < -0.4 is 10.6 Å². The number of nitrogens with one attached hydrogen (secondary N) is 2. The Morgan fingerprint density at radius 3 is 2.38 bits per heavy atom. The molecule has 0 atom stereocenters. The first-order chi connectivity index (χ1) is 12.1. The smallest absolute Gasteiger partial charge is 0.191 e. The molecule has 0 aromatic heterocycles. The number of sulfone groups is 1. The lowest BCUT2D eigenvalue weighted by molar-refractivity contribution is 0.0367. The van der Waals surface area contributed by atoms with Crippen molar-refractivity contribution in [2.45, 2.75) is 51.5 Å². The summed E-state index contributed by atoms with van der Waals surface area (Å²) in [5.41, 5.74) is 0.234. The minimum atomic E-state index is -3.23. The Morgan fingerprint density at radius 1 is 1.19 bits per heavy atom. The average Bonchev–Trinajstić information content (AvgIpc) is 2.58. The van der Waals surface area contributed by atoms with E-state index in [-0.39, 0.29) is 12.3 Å². The second kappa shape index (κ2) is 9.87. The van der Waals surface area contributed by atoms with Crippen molar-refractivity contribution in [3.05, 3.63) is 35.1 Å². The highest BCUT2D eigenvalue weighted by Gasteiger charge is 2.22. The number of rotatable bonds is 9. The monoisotopic (exact) mass is 387 g/mol. The van der Waals surface area contributed by atoms with Gasteiger partial charge in [-0.2, -0.15) is 0 Å². The van der Waals surface area contributed by atoms with Crippen LogP contribution in [0.5, 0.6) is 0 Å². The van der Waals surface area contributed by atoms with Crippen LogP contribution in [0.3, 0.4) is 0 Å².